The first kappa shape index (κ1) is 10.2. The smallest absolute Gasteiger partial charge is 0.0328 e. The first-order valence-corrected chi connectivity index (χ1v) is 6.17. The monoisotopic (exact) mass is 247 g/mol. The van der Waals surface area contributed by atoms with Crippen molar-refractivity contribution in [3.05, 3.63) is 22.4 Å². The van der Waals surface area contributed by atoms with E-state index in [1.165, 1.54) is 4.88 Å². The molecule has 1 aromatic rings. The summed E-state index contributed by atoms with van der Waals surface area (Å²) in [5, 5.41) is 3.20. The minimum atomic E-state index is 1.06. The molecule has 1 aromatic heterocycles. The van der Waals surface area contributed by atoms with Crippen molar-refractivity contribution < 1.29 is 0 Å². The number of rotatable bonds is 5. The first-order valence-electron chi connectivity index (χ1n) is 4.17. The third kappa shape index (κ3) is 3.25. The van der Waals surface area contributed by atoms with Crippen molar-refractivity contribution in [1.29, 1.82) is 0 Å². The lowest BCUT2D eigenvalue weighted by Crippen LogP contribution is -2.24. The van der Waals surface area contributed by atoms with Crippen LogP contribution in [-0.2, 0) is 6.54 Å². The molecule has 0 N–H and O–H groups in total. The first-order chi connectivity index (χ1) is 5.86. The minimum absolute atomic E-state index is 1.06. The van der Waals surface area contributed by atoms with Crippen molar-refractivity contribution >= 4 is 27.3 Å². The normalized spacial score (nSPS) is 10.9. The second kappa shape index (κ2) is 5.73. The summed E-state index contributed by atoms with van der Waals surface area (Å²) in [7, 11) is 0. The molecule has 0 radical (unpaired) electrons. The van der Waals surface area contributed by atoms with Crippen LogP contribution in [0.4, 0.5) is 0 Å². The van der Waals surface area contributed by atoms with E-state index in [1.54, 1.807) is 0 Å². The van der Waals surface area contributed by atoms with Crippen LogP contribution < -0.4 is 0 Å². The van der Waals surface area contributed by atoms with E-state index in [0.717, 1.165) is 25.0 Å². The largest absolute Gasteiger partial charge is 0.298 e. The van der Waals surface area contributed by atoms with Crippen molar-refractivity contribution in [2.45, 2.75) is 13.5 Å². The van der Waals surface area contributed by atoms with Gasteiger partial charge in [-0.25, -0.2) is 0 Å². The minimum Gasteiger partial charge on any atom is -0.298 e. The molecule has 0 aromatic carbocycles. The molecule has 12 heavy (non-hydrogen) atoms. The van der Waals surface area contributed by atoms with Crippen LogP contribution >= 0.6 is 27.3 Å². The van der Waals surface area contributed by atoms with E-state index < -0.39 is 0 Å². The van der Waals surface area contributed by atoms with Crippen LogP contribution in [0.15, 0.2) is 17.5 Å². The molecule has 0 atom stereocenters. The highest BCUT2D eigenvalue weighted by atomic mass is 79.9. The maximum Gasteiger partial charge on any atom is 0.0328 e. The van der Waals surface area contributed by atoms with Crippen molar-refractivity contribution in [1.82, 2.24) is 4.90 Å². The quantitative estimate of drug-likeness (QED) is 0.724. The van der Waals surface area contributed by atoms with Gasteiger partial charge in [0, 0.05) is 23.3 Å². The summed E-state index contributed by atoms with van der Waals surface area (Å²) in [6.45, 7) is 5.56. The fraction of sp³-hybridized carbons (Fsp3) is 0.556. The molecule has 0 aliphatic heterocycles. The van der Waals surface area contributed by atoms with Crippen LogP contribution in [0.3, 0.4) is 0 Å². The summed E-state index contributed by atoms with van der Waals surface area (Å²) in [6.07, 6.45) is 0. The molecule has 0 unspecified atom stereocenters. The third-order valence-corrected chi connectivity index (χ3v) is 3.02. The van der Waals surface area contributed by atoms with Gasteiger partial charge >= 0.3 is 0 Å². The van der Waals surface area contributed by atoms with Gasteiger partial charge in [-0.1, -0.05) is 28.9 Å². The fourth-order valence-corrected chi connectivity index (χ4v) is 2.34. The zero-order valence-electron chi connectivity index (χ0n) is 7.29. The van der Waals surface area contributed by atoms with Gasteiger partial charge in [0.15, 0.2) is 0 Å². The molecule has 0 amide bonds. The van der Waals surface area contributed by atoms with Gasteiger partial charge in [0.1, 0.15) is 0 Å². The van der Waals surface area contributed by atoms with Gasteiger partial charge in [-0.05, 0) is 18.0 Å². The molecule has 0 bridgehead atoms. The molecular formula is C9H14BrNS. The molecule has 1 heterocycles. The van der Waals surface area contributed by atoms with Gasteiger partial charge in [-0.3, -0.25) is 4.90 Å². The van der Waals surface area contributed by atoms with Crippen LogP contribution in [-0.4, -0.2) is 23.3 Å². The molecule has 0 spiro atoms. The molecule has 1 rings (SSSR count). The van der Waals surface area contributed by atoms with Gasteiger partial charge in [0.25, 0.3) is 0 Å². The van der Waals surface area contributed by atoms with E-state index >= 15 is 0 Å². The van der Waals surface area contributed by atoms with Crippen LogP contribution in [0.25, 0.3) is 0 Å². The lowest BCUT2D eigenvalue weighted by Gasteiger charge is -2.17. The van der Waals surface area contributed by atoms with E-state index in [-0.39, 0.29) is 0 Å². The van der Waals surface area contributed by atoms with Crippen molar-refractivity contribution in [3.63, 3.8) is 0 Å². The Hall–Kier alpha value is 0.140. The van der Waals surface area contributed by atoms with Crippen LogP contribution in [0.5, 0.6) is 0 Å². The van der Waals surface area contributed by atoms with Crippen LogP contribution in [0.2, 0.25) is 0 Å². The Labute approximate surface area is 86.5 Å². The van der Waals surface area contributed by atoms with Crippen molar-refractivity contribution in [2.24, 2.45) is 0 Å². The molecule has 1 nitrogen and oxygen atoms in total. The van der Waals surface area contributed by atoms with E-state index in [0.29, 0.717) is 0 Å². The Kier molecular flexibility index (Phi) is 4.88. The van der Waals surface area contributed by atoms with Gasteiger partial charge in [0.2, 0.25) is 0 Å². The molecule has 0 aliphatic rings. The van der Waals surface area contributed by atoms with Crippen LogP contribution in [0.1, 0.15) is 11.8 Å². The third-order valence-electron chi connectivity index (χ3n) is 1.81. The second-order valence-electron chi connectivity index (χ2n) is 2.64. The summed E-state index contributed by atoms with van der Waals surface area (Å²) < 4.78 is 0. The molecule has 0 saturated heterocycles. The number of halogens is 1. The van der Waals surface area contributed by atoms with Crippen LogP contribution in [0, 0.1) is 0 Å². The summed E-state index contributed by atoms with van der Waals surface area (Å²) in [4.78, 5) is 3.89. The number of hydrogen-bond donors (Lipinski definition) is 0. The SMILES string of the molecule is CCN(CCBr)Cc1cccs1. The van der Waals surface area contributed by atoms with Crippen molar-refractivity contribution in [2.75, 3.05) is 18.4 Å². The van der Waals surface area contributed by atoms with Crippen molar-refractivity contribution in [3.8, 4) is 0 Å². The average molecular weight is 248 g/mol. The molecule has 3 heteroatoms. The van der Waals surface area contributed by atoms with Gasteiger partial charge in [-0.15, -0.1) is 11.3 Å². The van der Waals surface area contributed by atoms with E-state index in [4.69, 9.17) is 0 Å². The molecule has 0 fully saturated rings. The highest BCUT2D eigenvalue weighted by molar-refractivity contribution is 9.09. The summed E-state index contributed by atoms with van der Waals surface area (Å²) in [5.74, 6) is 0. The predicted molar refractivity (Wildman–Crippen MR) is 59.1 cm³/mol. The molecule has 0 saturated carbocycles. The predicted octanol–water partition coefficient (Wildman–Crippen LogP) is 2.96. The lowest BCUT2D eigenvalue weighted by molar-refractivity contribution is 0.302. The standard InChI is InChI=1S/C9H14BrNS/c1-2-11(6-5-10)8-9-4-3-7-12-9/h3-4,7H,2,5-6,8H2,1H3. The number of alkyl halides is 1. The van der Waals surface area contributed by atoms with E-state index in [2.05, 4.69) is 45.3 Å². The second-order valence-corrected chi connectivity index (χ2v) is 4.46. The highest BCUT2D eigenvalue weighted by Gasteiger charge is 2.02. The Bertz CT molecular complexity index is 198. The Morgan fingerprint density at radius 3 is 2.92 bits per heavy atom. The highest BCUT2D eigenvalue weighted by Crippen LogP contribution is 2.11. The molecule has 68 valence electrons. The molecular weight excluding hydrogens is 234 g/mol. The Balaban J connectivity index is 2.37. The Morgan fingerprint density at radius 2 is 2.42 bits per heavy atom. The zero-order chi connectivity index (χ0) is 8.81. The number of hydrogen-bond acceptors (Lipinski definition) is 2. The maximum absolute atomic E-state index is 3.46. The molecule has 0 aliphatic carbocycles. The lowest BCUT2D eigenvalue weighted by atomic mass is 10.4. The summed E-state index contributed by atoms with van der Waals surface area (Å²) >= 11 is 5.29. The van der Waals surface area contributed by atoms with E-state index in [1.807, 2.05) is 11.3 Å². The van der Waals surface area contributed by atoms with Gasteiger partial charge in [-0.2, -0.15) is 0 Å². The number of thiophene rings is 1. The fourth-order valence-electron chi connectivity index (χ4n) is 1.09. The average Bonchev–Trinajstić information content (AvgIpc) is 2.56. The van der Waals surface area contributed by atoms with E-state index in [9.17, 15) is 0 Å². The Morgan fingerprint density at radius 1 is 1.58 bits per heavy atom. The number of nitrogens with zero attached hydrogens (tertiary/aromatic N) is 1. The van der Waals surface area contributed by atoms with Gasteiger partial charge < -0.3 is 0 Å². The zero-order valence-corrected chi connectivity index (χ0v) is 9.70. The maximum atomic E-state index is 3.46. The summed E-state index contributed by atoms with van der Waals surface area (Å²) in [5.41, 5.74) is 0. The van der Waals surface area contributed by atoms with Gasteiger partial charge in [0.05, 0.1) is 0 Å². The summed E-state index contributed by atoms with van der Waals surface area (Å²) in [6, 6.07) is 4.31. The topological polar surface area (TPSA) is 3.24 Å².